The van der Waals surface area contributed by atoms with Crippen LogP contribution in [0.4, 0.5) is 0 Å². The molecule has 3 rings (SSSR count). The molecule has 3 unspecified atom stereocenters. The maximum atomic E-state index is 6.07. The summed E-state index contributed by atoms with van der Waals surface area (Å²) in [6.45, 7) is 6.22. The SMILES string of the molecule is CCCC[C]1([Sn]([CH3])([CH3])[CH3])C(COCOC)C1[Si](C)(c1ccccc1)c1ccccc1. The molecule has 2 nitrogen and oxygen atoms in total. The van der Waals surface area contributed by atoms with Crippen LogP contribution >= 0.6 is 0 Å². The third-order valence-electron chi connectivity index (χ3n) is 7.72. The van der Waals surface area contributed by atoms with E-state index in [0.29, 0.717) is 16.1 Å². The quantitative estimate of drug-likeness (QED) is 0.208. The monoisotopic (exact) mass is 532 g/mol. The topological polar surface area (TPSA) is 18.5 Å². The van der Waals surface area contributed by atoms with E-state index < -0.39 is 26.5 Å². The van der Waals surface area contributed by atoms with Crippen molar-refractivity contribution in [1.82, 2.24) is 0 Å². The summed E-state index contributed by atoms with van der Waals surface area (Å²) in [6, 6.07) is 22.8. The molecule has 1 aliphatic rings. The first kappa shape index (κ1) is 24.0. The normalized spacial score (nSPS) is 24.1. The van der Waals surface area contributed by atoms with Gasteiger partial charge in [-0.2, -0.15) is 0 Å². The molecule has 1 saturated carbocycles. The van der Waals surface area contributed by atoms with Crippen LogP contribution in [0.1, 0.15) is 26.2 Å². The number of methoxy groups -OCH3 is 1. The zero-order valence-corrected chi connectivity index (χ0v) is 23.6. The summed E-state index contributed by atoms with van der Waals surface area (Å²) in [7, 11) is -0.228. The molecule has 0 saturated heterocycles. The maximum absolute atomic E-state index is 6.07. The first-order chi connectivity index (χ1) is 14.3. The van der Waals surface area contributed by atoms with E-state index in [1.165, 1.54) is 19.3 Å². The van der Waals surface area contributed by atoms with Gasteiger partial charge < -0.3 is 0 Å². The molecule has 1 fully saturated rings. The Kier molecular flexibility index (Phi) is 7.92. The molecular weight excluding hydrogens is 491 g/mol. The number of hydrogen-bond donors (Lipinski definition) is 0. The van der Waals surface area contributed by atoms with Gasteiger partial charge in [0.1, 0.15) is 0 Å². The molecule has 0 radical (unpaired) electrons. The Bertz CT molecular complexity index is 750. The van der Waals surface area contributed by atoms with E-state index in [0.717, 1.165) is 12.1 Å². The number of benzene rings is 2. The van der Waals surface area contributed by atoms with Crippen molar-refractivity contribution in [2.75, 3.05) is 20.5 Å². The van der Waals surface area contributed by atoms with Crippen LogP contribution in [0.25, 0.3) is 0 Å². The predicted octanol–water partition coefficient (Wildman–Crippen LogP) is 5.77. The van der Waals surface area contributed by atoms with Crippen LogP contribution in [0.15, 0.2) is 60.7 Å². The summed E-state index contributed by atoms with van der Waals surface area (Å²) in [4.78, 5) is 8.00. The molecule has 4 heteroatoms. The molecule has 0 aromatic heterocycles. The fraction of sp³-hybridized carbons (Fsp3) is 0.538. The molecule has 3 atom stereocenters. The molecular formula is C26H40O2SiSn. The Balaban J connectivity index is 2.14. The second-order valence-corrected chi connectivity index (χ2v) is 29.9. The van der Waals surface area contributed by atoms with Gasteiger partial charge in [-0.25, -0.2) is 0 Å². The van der Waals surface area contributed by atoms with E-state index in [1.54, 1.807) is 17.5 Å². The third kappa shape index (κ3) is 4.32. The summed E-state index contributed by atoms with van der Waals surface area (Å²) < 4.78 is 11.8. The summed E-state index contributed by atoms with van der Waals surface area (Å²) in [5.74, 6) is 0.659. The van der Waals surface area contributed by atoms with Crippen LogP contribution in [0, 0.1) is 5.92 Å². The summed E-state index contributed by atoms with van der Waals surface area (Å²) in [6.07, 6.45) is 3.98. The van der Waals surface area contributed by atoms with Crippen molar-refractivity contribution in [3.8, 4) is 0 Å². The average Bonchev–Trinajstić information content (AvgIpc) is 3.42. The second-order valence-electron chi connectivity index (χ2n) is 10.2. The Hall–Kier alpha value is -0.624. The van der Waals surface area contributed by atoms with E-state index in [2.05, 4.69) is 89.0 Å². The fourth-order valence-corrected chi connectivity index (χ4v) is 26.9. The summed E-state index contributed by atoms with van der Waals surface area (Å²) in [5.41, 5.74) is 0.744. The van der Waals surface area contributed by atoms with E-state index in [9.17, 15) is 0 Å². The predicted molar refractivity (Wildman–Crippen MR) is 134 cm³/mol. The molecule has 0 aliphatic heterocycles. The second kappa shape index (κ2) is 9.89. The van der Waals surface area contributed by atoms with Crippen LogP contribution in [0.2, 0.25) is 30.3 Å². The molecule has 0 bridgehead atoms. The Morgan fingerprint density at radius 3 is 1.90 bits per heavy atom. The van der Waals surface area contributed by atoms with Crippen LogP contribution in [-0.2, 0) is 9.47 Å². The molecule has 164 valence electrons. The van der Waals surface area contributed by atoms with Crippen molar-refractivity contribution in [3.05, 3.63) is 60.7 Å². The zero-order valence-electron chi connectivity index (χ0n) is 19.8. The third-order valence-corrected chi connectivity index (χ3v) is 24.4. The summed E-state index contributed by atoms with van der Waals surface area (Å²) >= 11 is -2.32. The molecule has 0 heterocycles. The van der Waals surface area contributed by atoms with Gasteiger partial charge in [0.05, 0.1) is 0 Å². The standard InChI is InChI=1S/C23H31O2Si.3CH3.Sn/c1-4-5-16-21-22(17-25-18-24-2)23(21)26(3,19-12-8-6-9-13-19)20-14-10-7-11-15-20;;;;/h6-15,22-23H,4-5,16-18H2,1-3H3;3*1H3;. The van der Waals surface area contributed by atoms with Crippen molar-refractivity contribution in [3.63, 3.8) is 0 Å². The minimum atomic E-state index is -2.32. The van der Waals surface area contributed by atoms with Crippen molar-refractivity contribution in [2.45, 2.75) is 56.5 Å². The van der Waals surface area contributed by atoms with Crippen molar-refractivity contribution >= 4 is 36.8 Å². The Morgan fingerprint density at radius 1 is 0.933 bits per heavy atom. The average molecular weight is 531 g/mol. The van der Waals surface area contributed by atoms with Crippen molar-refractivity contribution in [2.24, 2.45) is 5.92 Å². The molecule has 2 aromatic rings. The van der Waals surface area contributed by atoms with Gasteiger partial charge in [0, 0.05) is 0 Å². The van der Waals surface area contributed by atoms with E-state index in [-0.39, 0.29) is 0 Å². The van der Waals surface area contributed by atoms with Gasteiger partial charge in [0.15, 0.2) is 0 Å². The van der Waals surface area contributed by atoms with Crippen LogP contribution < -0.4 is 10.4 Å². The molecule has 0 amide bonds. The number of hydrogen-bond acceptors (Lipinski definition) is 2. The van der Waals surface area contributed by atoms with Crippen LogP contribution in [0.3, 0.4) is 0 Å². The minimum absolute atomic E-state index is 0.404. The zero-order chi connectivity index (χ0) is 21.8. The van der Waals surface area contributed by atoms with Gasteiger partial charge in [-0.1, -0.05) is 0 Å². The van der Waals surface area contributed by atoms with E-state index in [1.807, 2.05) is 0 Å². The Labute approximate surface area is 189 Å². The number of rotatable bonds is 11. The van der Waals surface area contributed by atoms with Crippen molar-refractivity contribution in [1.29, 1.82) is 0 Å². The van der Waals surface area contributed by atoms with Crippen LogP contribution in [-0.4, -0.2) is 47.0 Å². The molecule has 1 aliphatic carbocycles. The molecule has 0 N–H and O–H groups in total. The Morgan fingerprint density at radius 2 is 1.47 bits per heavy atom. The number of unbranched alkanes of at least 4 members (excludes halogenated alkanes) is 1. The molecule has 0 spiro atoms. The molecule has 30 heavy (non-hydrogen) atoms. The number of ether oxygens (including phenoxy) is 2. The van der Waals surface area contributed by atoms with Gasteiger partial charge in [0.25, 0.3) is 0 Å². The fourth-order valence-electron chi connectivity index (χ4n) is 6.24. The van der Waals surface area contributed by atoms with E-state index >= 15 is 0 Å². The summed E-state index contributed by atoms with van der Waals surface area (Å²) in [5, 5.41) is 3.15. The van der Waals surface area contributed by atoms with Gasteiger partial charge in [-0.05, 0) is 0 Å². The first-order valence-electron chi connectivity index (χ1n) is 11.5. The van der Waals surface area contributed by atoms with Crippen molar-refractivity contribution < 1.29 is 9.47 Å². The van der Waals surface area contributed by atoms with Gasteiger partial charge in [0.2, 0.25) is 0 Å². The van der Waals surface area contributed by atoms with Gasteiger partial charge in [-0.15, -0.1) is 0 Å². The van der Waals surface area contributed by atoms with Gasteiger partial charge >= 0.3 is 190 Å². The van der Waals surface area contributed by atoms with E-state index in [4.69, 9.17) is 9.47 Å². The molecule has 2 aromatic carbocycles. The van der Waals surface area contributed by atoms with Crippen LogP contribution in [0.5, 0.6) is 0 Å². The van der Waals surface area contributed by atoms with Gasteiger partial charge in [-0.3, -0.25) is 0 Å². The first-order valence-corrected chi connectivity index (χ1v) is 24.1.